The van der Waals surface area contributed by atoms with E-state index in [2.05, 4.69) is 10.3 Å². The van der Waals surface area contributed by atoms with Crippen LogP contribution in [0.2, 0.25) is 0 Å². The van der Waals surface area contributed by atoms with E-state index in [4.69, 9.17) is 5.73 Å². The molecule has 0 amide bonds. The van der Waals surface area contributed by atoms with Gasteiger partial charge in [-0.3, -0.25) is 4.99 Å². The fourth-order valence-corrected chi connectivity index (χ4v) is 2.11. The van der Waals surface area contributed by atoms with Crippen LogP contribution in [0.15, 0.2) is 59.6 Å². The summed E-state index contributed by atoms with van der Waals surface area (Å²) in [4.78, 5) is 4.32. The van der Waals surface area contributed by atoms with Crippen LogP contribution in [-0.2, 0) is 0 Å². The molecule has 0 saturated carbocycles. The second kappa shape index (κ2) is 9.42. The molecular weight excluding hydrogens is 389 g/mol. The van der Waals surface area contributed by atoms with E-state index in [-0.39, 0.29) is 36.5 Å². The Labute approximate surface area is 148 Å². The van der Waals surface area contributed by atoms with E-state index < -0.39 is 0 Å². The molecule has 0 aromatic heterocycles. The quantitative estimate of drug-likeness (QED) is 0.402. The zero-order chi connectivity index (χ0) is 15.1. The third kappa shape index (κ3) is 5.65. The number of hydrogen-bond acceptors (Lipinski definition) is 2. The summed E-state index contributed by atoms with van der Waals surface area (Å²) in [5.41, 5.74) is 9.03. The number of aliphatic hydroxyl groups is 1. The molecule has 0 radical (unpaired) electrons. The SMILES string of the molecule is Cc1cccc(NC(N)=NCC(CO)c2ccccc2)c1.I. The Morgan fingerprint density at radius 2 is 1.91 bits per heavy atom. The number of guanidine groups is 1. The molecule has 2 rings (SSSR count). The van der Waals surface area contributed by atoms with Gasteiger partial charge in [-0.2, -0.15) is 0 Å². The van der Waals surface area contributed by atoms with Crippen molar-refractivity contribution in [1.29, 1.82) is 0 Å². The molecule has 0 fully saturated rings. The van der Waals surface area contributed by atoms with E-state index in [1.165, 1.54) is 0 Å². The molecule has 2 aromatic carbocycles. The Morgan fingerprint density at radius 3 is 2.55 bits per heavy atom. The minimum absolute atomic E-state index is 0. The summed E-state index contributed by atoms with van der Waals surface area (Å²) in [5, 5.41) is 12.5. The lowest BCUT2D eigenvalue weighted by Crippen LogP contribution is -2.24. The zero-order valence-electron chi connectivity index (χ0n) is 12.6. The van der Waals surface area contributed by atoms with Gasteiger partial charge in [-0.1, -0.05) is 42.5 Å². The van der Waals surface area contributed by atoms with Gasteiger partial charge in [0.2, 0.25) is 0 Å². The van der Waals surface area contributed by atoms with Gasteiger partial charge in [0.15, 0.2) is 5.96 Å². The highest BCUT2D eigenvalue weighted by atomic mass is 127. The third-order valence-electron chi connectivity index (χ3n) is 3.26. The number of nitrogens with zero attached hydrogens (tertiary/aromatic N) is 1. The second-order valence-electron chi connectivity index (χ2n) is 5.01. The molecule has 1 atom stereocenters. The number of benzene rings is 2. The van der Waals surface area contributed by atoms with Gasteiger partial charge in [-0.05, 0) is 30.2 Å². The van der Waals surface area contributed by atoms with Crippen molar-refractivity contribution in [2.75, 3.05) is 18.5 Å². The number of anilines is 1. The molecule has 0 heterocycles. The summed E-state index contributed by atoms with van der Waals surface area (Å²) < 4.78 is 0. The lowest BCUT2D eigenvalue weighted by Gasteiger charge is -2.13. The molecule has 1 unspecified atom stereocenters. The molecule has 4 nitrogen and oxygen atoms in total. The molecule has 22 heavy (non-hydrogen) atoms. The van der Waals surface area contributed by atoms with Gasteiger partial charge in [0.25, 0.3) is 0 Å². The summed E-state index contributed by atoms with van der Waals surface area (Å²) in [6.45, 7) is 2.52. The van der Waals surface area contributed by atoms with E-state index in [0.717, 1.165) is 16.8 Å². The molecule has 2 aromatic rings. The number of hydrogen-bond donors (Lipinski definition) is 3. The van der Waals surface area contributed by atoms with Gasteiger partial charge in [0.05, 0.1) is 13.2 Å². The number of aryl methyl sites for hydroxylation is 1. The van der Waals surface area contributed by atoms with Crippen LogP contribution < -0.4 is 11.1 Å². The fraction of sp³-hybridized carbons (Fsp3) is 0.235. The highest BCUT2D eigenvalue weighted by molar-refractivity contribution is 14.0. The van der Waals surface area contributed by atoms with Crippen LogP contribution in [0.3, 0.4) is 0 Å². The molecule has 0 spiro atoms. The van der Waals surface area contributed by atoms with Crippen molar-refractivity contribution in [3.8, 4) is 0 Å². The lowest BCUT2D eigenvalue weighted by atomic mass is 10.0. The number of halogens is 1. The van der Waals surface area contributed by atoms with E-state index in [1.807, 2.05) is 61.5 Å². The minimum Gasteiger partial charge on any atom is -0.396 e. The van der Waals surface area contributed by atoms with Crippen molar-refractivity contribution in [1.82, 2.24) is 0 Å². The van der Waals surface area contributed by atoms with Gasteiger partial charge in [0.1, 0.15) is 0 Å². The van der Waals surface area contributed by atoms with E-state index in [1.54, 1.807) is 0 Å². The normalized spacial score (nSPS) is 12.4. The number of nitrogens with two attached hydrogens (primary N) is 1. The van der Waals surface area contributed by atoms with Gasteiger partial charge in [-0.15, -0.1) is 24.0 Å². The Morgan fingerprint density at radius 1 is 1.18 bits per heavy atom. The summed E-state index contributed by atoms with van der Waals surface area (Å²) >= 11 is 0. The van der Waals surface area contributed by atoms with Crippen molar-refractivity contribution in [3.63, 3.8) is 0 Å². The summed E-state index contributed by atoms with van der Waals surface area (Å²) in [7, 11) is 0. The van der Waals surface area contributed by atoms with Gasteiger partial charge < -0.3 is 16.2 Å². The van der Waals surface area contributed by atoms with Crippen molar-refractivity contribution < 1.29 is 5.11 Å². The molecule has 0 aliphatic carbocycles. The molecule has 0 aliphatic heterocycles. The molecular formula is C17H22IN3O. The van der Waals surface area contributed by atoms with Crippen LogP contribution in [0, 0.1) is 6.92 Å². The van der Waals surface area contributed by atoms with Crippen LogP contribution in [-0.4, -0.2) is 24.2 Å². The van der Waals surface area contributed by atoms with E-state index in [0.29, 0.717) is 12.5 Å². The van der Waals surface area contributed by atoms with Crippen molar-refractivity contribution in [2.45, 2.75) is 12.8 Å². The van der Waals surface area contributed by atoms with Crippen LogP contribution in [0.1, 0.15) is 17.0 Å². The molecule has 0 aliphatic rings. The van der Waals surface area contributed by atoms with Gasteiger partial charge in [-0.25, -0.2) is 0 Å². The van der Waals surface area contributed by atoms with Crippen molar-refractivity contribution in [3.05, 3.63) is 65.7 Å². The van der Waals surface area contributed by atoms with Crippen molar-refractivity contribution >= 4 is 35.6 Å². The fourth-order valence-electron chi connectivity index (χ4n) is 2.11. The maximum absolute atomic E-state index is 9.49. The first-order valence-corrected chi connectivity index (χ1v) is 6.98. The Bertz CT molecular complexity index is 602. The smallest absolute Gasteiger partial charge is 0.193 e. The van der Waals surface area contributed by atoms with E-state index >= 15 is 0 Å². The predicted molar refractivity (Wildman–Crippen MR) is 103 cm³/mol. The Kier molecular flexibility index (Phi) is 7.90. The van der Waals surface area contributed by atoms with Crippen LogP contribution >= 0.6 is 24.0 Å². The number of aliphatic hydroxyl groups excluding tert-OH is 1. The molecule has 4 N–H and O–H groups in total. The average molecular weight is 411 g/mol. The standard InChI is InChI=1S/C17H21N3O.HI/c1-13-6-5-9-16(10-13)20-17(18)19-11-15(12-21)14-7-3-2-4-8-14;/h2-10,15,21H,11-12H2,1H3,(H3,18,19,20);1H. The highest BCUT2D eigenvalue weighted by Gasteiger charge is 2.09. The summed E-state index contributed by atoms with van der Waals surface area (Å²) in [6, 6.07) is 17.8. The number of aliphatic imine (C=N–C) groups is 1. The maximum atomic E-state index is 9.49. The van der Waals surface area contributed by atoms with Gasteiger partial charge >= 0.3 is 0 Å². The van der Waals surface area contributed by atoms with Crippen LogP contribution in [0.5, 0.6) is 0 Å². The Hall–Kier alpha value is -1.60. The maximum Gasteiger partial charge on any atom is 0.193 e. The monoisotopic (exact) mass is 411 g/mol. The molecule has 118 valence electrons. The first kappa shape index (κ1) is 18.4. The second-order valence-corrected chi connectivity index (χ2v) is 5.01. The van der Waals surface area contributed by atoms with E-state index in [9.17, 15) is 5.11 Å². The first-order valence-electron chi connectivity index (χ1n) is 6.98. The van der Waals surface area contributed by atoms with Crippen LogP contribution in [0.25, 0.3) is 0 Å². The third-order valence-corrected chi connectivity index (χ3v) is 3.26. The first-order chi connectivity index (χ1) is 10.2. The minimum atomic E-state index is -0.0379. The zero-order valence-corrected chi connectivity index (χ0v) is 14.9. The van der Waals surface area contributed by atoms with Crippen LogP contribution in [0.4, 0.5) is 5.69 Å². The molecule has 0 bridgehead atoms. The Balaban J connectivity index is 0.00000242. The highest BCUT2D eigenvalue weighted by Crippen LogP contribution is 2.15. The van der Waals surface area contributed by atoms with Gasteiger partial charge in [0, 0.05) is 11.6 Å². The summed E-state index contributed by atoms with van der Waals surface area (Å²) in [6.07, 6.45) is 0. The lowest BCUT2D eigenvalue weighted by molar-refractivity contribution is 0.268. The molecule has 0 saturated heterocycles. The molecule has 5 heteroatoms. The average Bonchev–Trinajstić information content (AvgIpc) is 2.49. The number of rotatable bonds is 5. The number of nitrogens with one attached hydrogen (secondary N) is 1. The largest absolute Gasteiger partial charge is 0.396 e. The topological polar surface area (TPSA) is 70.6 Å². The summed E-state index contributed by atoms with van der Waals surface area (Å²) in [5.74, 6) is 0.319. The van der Waals surface area contributed by atoms with Crippen molar-refractivity contribution in [2.24, 2.45) is 10.7 Å². The predicted octanol–water partition coefficient (Wildman–Crippen LogP) is 3.12.